The lowest BCUT2D eigenvalue weighted by molar-refractivity contribution is -0.122. The van der Waals surface area contributed by atoms with Crippen molar-refractivity contribution in [2.75, 3.05) is 45.8 Å². The number of benzene rings is 2. The molecule has 4 fully saturated rings. The van der Waals surface area contributed by atoms with E-state index in [1.54, 1.807) is 37.6 Å². The van der Waals surface area contributed by atoms with E-state index in [0.29, 0.717) is 105 Å². The summed E-state index contributed by atoms with van der Waals surface area (Å²) in [7, 11) is 0. The molecule has 4 aromatic heterocycles. The Hall–Kier alpha value is -7.09. The predicted molar refractivity (Wildman–Crippen MR) is 247 cm³/mol. The Morgan fingerprint density at radius 3 is 1.42 bits per heavy atom. The van der Waals surface area contributed by atoms with Gasteiger partial charge in [0.05, 0.1) is 23.5 Å². The molecule has 2 spiro atoms. The number of halogens is 4. The predicted octanol–water partition coefficient (Wildman–Crippen LogP) is 7.30. The number of nitrogens with zero attached hydrogens (tertiary/aromatic N) is 12. The molecule has 2 aromatic carbocycles. The summed E-state index contributed by atoms with van der Waals surface area (Å²) < 4.78 is 58.4. The van der Waals surface area contributed by atoms with Crippen LogP contribution in [0.4, 0.5) is 40.6 Å². The minimum atomic E-state index is -0.965. The molecule has 8 heterocycles. The van der Waals surface area contributed by atoms with Gasteiger partial charge in [0, 0.05) is 94.0 Å². The number of hydrogen-bond donors (Lipinski definition) is 1. The van der Waals surface area contributed by atoms with E-state index in [-0.39, 0.29) is 30.0 Å². The number of carbonyl (C=O) groups excluding carboxylic acids is 3. The molecule has 2 amide bonds. The number of carbonyl (C=O) groups is 3. The van der Waals surface area contributed by atoms with Crippen LogP contribution in [0.2, 0.25) is 0 Å². The van der Waals surface area contributed by atoms with Crippen LogP contribution in [-0.4, -0.2) is 99.5 Å². The van der Waals surface area contributed by atoms with Gasteiger partial charge in [-0.25, -0.2) is 46.9 Å². The Kier molecular flexibility index (Phi) is 13.0. The maximum atomic E-state index is 14.0. The molecular formula is C49H52F4N12O4. The molecule has 20 heteroatoms. The molecule has 0 radical (unpaired) electrons. The SMILES string of the molecule is CC(=O)c1nc(N2CCC3(CCCC(=O)N3c3ccc(F)c(F)c3)CC2)cc(-n2cc(C)cn2)n1.Cc1cnn(-c2cc(N3CCC4(CCCC(=O)N4c4ccc(F)c(F)c4)CC3)nc(CO)n2)c1. The Balaban J connectivity index is 0.000000172. The average molecular weight is 949 g/mol. The van der Waals surface area contributed by atoms with E-state index < -0.39 is 34.3 Å². The molecule has 0 unspecified atom stereocenters. The van der Waals surface area contributed by atoms with Gasteiger partial charge in [-0.1, -0.05) is 0 Å². The summed E-state index contributed by atoms with van der Waals surface area (Å²) >= 11 is 0. The first-order valence-corrected chi connectivity index (χ1v) is 23.1. The van der Waals surface area contributed by atoms with Crippen molar-refractivity contribution in [1.82, 2.24) is 39.5 Å². The molecule has 1 N–H and O–H groups in total. The summed E-state index contributed by atoms with van der Waals surface area (Å²) in [5.41, 5.74) is 1.82. The van der Waals surface area contributed by atoms with Crippen LogP contribution in [0.15, 0.2) is 73.3 Å². The van der Waals surface area contributed by atoms with Crippen molar-refractivity contribution in [2.24, 2.45) is 0 Å². The summed E-state index contributed by atoms with van der Waals surface area (Å²) in [6, 6.07) is 10.9. The van der Waals surface area contributed by atoms with Crippen LogP contribution in [0.25, 0.3) is 11.6 Å². The summed E-state index contributed by atoms with van der Waals surface area (Å²) in [4.78, 5) is 63.3. The van der Waals surface area contributed by atoms with E-state index >= 15 is 0 Å². The van der Waals surface area contributed by atoms with Gasteiger partial charge in [0.2, 0.25) is 11.8 Å². The number of aliphatic hydroxyl groups excluding tert-OH is 1. The number of aliphatic hydroxyl groups is 1. The topological polar surface area (TPSA) is 172 Å². The van der Waals surface area contributed by atoms with Gasteiger partial charge in [0.15, 0.2) is 52.3 Å². The minimum absolute atomic E-state index is 0.0633. The zero-order valence-electron chi connectivity index (χ0n) is 38.6. The summed E-state index contributed by atoms with van der Waals surface area (Å²) in [6.07, 6.45) is 13.6. The lowest BCUT2D eigenvalue weighted by atomic mass is 9.78. The van der Waals surface area contributed by atoms with E-state index in [4.69, 9.17) is 0 Å². The molecule has 4 aliphatic rings. The summed E-state index contributed by atoms with van der Waals surface area (Å²) in [5.74, 6) is -1.38. The molecule has 0 bridgehead atoms. The molecule has 69 heavy (non-hydrogen) atoms. The lowest BCUT2D eigenvalue weighted by Crippen LogP contribution is -2.60. The minimum Gasteiger partial charge on any atom is -0.388 e. The normalized spacial score (nSPS) is 17.9. The van der Waals surface area contributed by atoms with E-state index in [2.05, 4.69) is 39.9 Å². The molecule has 10 rings (SSSR count). The number of anilines is 4. The molecule has 6 aromatic rings. The zero-order chi connectivity index (χ0) is 48.6. The maximum absolute atomic E-state index is 14.0. The molecule has 4 aliphatic heterocycles. The quantitative estimate of drug-likeness (QED) is 0.119. The van der Waals surface area contributed by atoms with Crippen LogP contribution in [0.1, 0.15) is 98.7 Å². The lowest BCUT2D eigenvalue weighted by Gasteiger charge is -2.51. The van der Waals surface area contributed by atoms with Gasteiger partial charge in [0.1, 0.15) is 18.2 Å². The monoisotopic (exact) mass is 948 g/mol. The standard InChI is InChI=1S/C25H26F2N6O2.C24H26F2N6O2/c1-16-14-28-32(15-16)22-13-21(29-24(30-22)17(2)34)31-10-8-25(9-11-31)7-3-4-23(35)33(25)18-5-6-19(26)20(27)12-18;1-16-13-27-31(14-16)22-12-21(28-20(15-33)29-22)30-9-7-24(8-10-30)6-2-3-23(34)32(24)17-4-5-18(25)19(26)11-17/h5-6,12-15H,3-4,7-11H2,1-2H3;4-5,11-14,33H,2-3,6-10,15H2,1H3. The van der Waals surface area contributed by atoms with Crippen molar-refractivity contribution < 1.29 is 37.1 Å². The highest BCUT2D eigenvalue weighted by Gasteiger charge is 2.47. The van der Waals surface area contributed by atoms with Crippen molar-refractivity contribution in [1.29, 1.82) is 0 Å². The first-order valence-electron chi connectivity index (χ1n) is 23.1. The second-order valence-corrected chi connectivity index (χ2v) is 18.3. The molecular weight excluding hydrogens is 897 g/mol. The number of ketones is 1. The van der Waals surface area contributed by atoms with Crippen molar-refractivity contribution >= 4 is 40.6 Å². The van der Waals surface area contributed by atoms with Crippen LogP contribution in [-0.2, 0) is 16.2 Å². The fourth-order valence-electron chi connectivity index (χ4n) is 10.2. The maximum Gasteiger partial charge on any atom is 0.227 e. The summed E-state index contributed by atoms with van der Waals surface area (Å²) in [5, 5.41) is 18.3. The molecule has 0 aliphatic carbocycles. The van der Waals surface area contributed by atoms with Crippen LogP contribution in [0.3, 0.4) is 0 Å². The van der Waals surface area contributed by atoms with Crippen molar-refractivity contribution in [3.63, 3.8) is 0 Å². The van der Waals surface area contributed by atoms with E-state index in [0.717, 1.165) is 61.1 Å². The Bertz CT molecular complexity index is 2910. The van der Waals surface area contributed by atoms with Gasteiger partial charge >= 0.3 is 0 Å². The van der Waals surface area contributed by atoms with Crippen LogP contribution < -0.4 is 19.6 Å². The molecule has 4 saturated heterocycles. The van der Waals surface area contributed by atoms with Gasteiger partial charge in [-0.15, -0.1) is 0 Å². The van der Waals surface area contributed by atoms with Gasteiger partial charge in [-0.2, -0.15) is 10.2 Å². The fraction of sp³-hybridized carbons (Fsp3) is 0.408. The average Bonchev–Trinajstić information content (AvgIpc) is 3.99. The Labute approximate surface area is 395 Å². The first-order chi connectivity index (χ1) is 33.1. The number of aryl methyl sites for hydroxylation is 2. The molecule has 16 nitrogen and oxygen atoms in total. The molecule has 360 valence electrons. The fourth-order valence-corrected chi connectivity index (χ4v) is 10.2. The Morgan fingerprint density at radius 1 is 0.594 bits per heavy atom. The van der Waals surface area contributed by atoms with Crippen molar-refractivity contribution in [3.05, 3.63) is 119 Å². The highest BCUT2D eigenvalue weighted by atomic mass is 19.2. The van der Waals surface area contributed by atoms with E-state index in [1.807, 2.05) is 32.3 Å². The number of piperidine rings is 4. The van der Waals surface area contributed by atoms with Gasteiger partial charge < -0.3 is 24.7 Å². The third-order valence-electron chi connectivity index (χ3n) is 13.7. The highest BCUT2D eigenvalue weighted by molar-refractivity contribution is 5.96. The first kappa shape index (κ1) is 47.0. The third kappa shape index (κ3) is 9.53. The number of aromatic nitrogens is 8. The largest absolute Gasteiger partial charge is 0.388 e. The van der Waals surface area contributed by atoms with Crippen molar-refractivity contribution in [2.45, 2.75) is 103 Å². The highest BCUT2D eigenvalue weighted by Crippen LogP contribution is 2.44. The number of rotatable bonds is 8. The number of amides is 2. The summed E-state index contributed by atoms with van der Waals surface area (Å²) in [6.45, 7) is 7.39. The van der Waals surface area contributed by atoms with Gasteiger partial charge in [-0.05, 0) is 101 Å². The van der Waals surface area contributed by atoms with Crippen LogP contribution >= 0.6 is 0 Å². The molecule has 0 atom stereocenters. The second kappa shape index (κ2) is 19.1. The van der Waals surface area contributed by atoms with Crippen molar-refractivity contribution in [3.8, 4) is 11.6 Å². The smallest absolute Gasteiger partial charge is 0.227 e. The van der Waals surface area contributed by atoms with Crippen LogP contribution in [0, 0.1) is 37.1 Å². The molecule has 0 saturated carbocycles. The Morgan fingerprint density at radius 2 is 1.01 bits per heavy atom. The van der Waals surface area contributed by atoms with Gasteiger partial charge in [0.25, 0.3) is 0 Å². The van der Waals surface area contributed by atoms with E-state index in [9.17, 15) is 37.1 Å². The van der Waals surface area contributed by atoms with Crippen LogP contribution in [0.5, 0.6) is 0 Å². The zero-order valence-corrected chi connectivity index (χ0v) is 38.6. The van der Waals surface area contributed by atoms with Gasteiger partial charge in [-0.3, -0.25) is 14.4 Å². The third-order valence-corrected chi connectivity index (χ3v) is 13.7. The number of Topliss-reactive ketones (excluding diaryl/α,β-unsaturated/α-hetero) is 1. The number of hydrogen-bond acceptors (Lipinski definition) is 12. The second-order valence-electron chi connectivity index (χ2n) is 18.3. The van der Waals surface area contributed by atoms with E-state index in [1.165, 1.54) is 19.1 Å².